The molecule has 134 heavy (non-hydrogen) atoms. The van der Waals surface area contributed by atoms with E-state index in [1.807, 2.05) is 0 Å². The van der Waals surface area contributed by atoms with E-state index in [0.29, 0.717) is 0 Å². The Kier molecular flexibility index (Phi) is 19.8. The Hall–Kier alpha value is -15.8. The van der Waals surface area contributed by atoms with E-state index in [-0.39, 0.29) is 10.8 Å². The van der Waals surface area contributed by atoms with Crippen LogP contribution in [0.25, 0.3) is 142 Å². The lowest BCUT2D eigenvalue weighted by Gasteiger charge is -2.29. The lowest BCUT2D eigenvalue weighted by molar-refractivity contribution is 0.590. The Morgan fingerprint density at radius 1 is 0.179 bits per heavy atom. The Balaban J connectivity index is 0.000000151. The fraction of sp³-hybridized carbons (Fsp3) is 0.125. The molecule has 24 rings (SSSR count). The summed E-state index contributed by atoms with van der Waals surface area (Å²) in [5.41, 5.74) is 39.1. The fourth-order valence-corrected chi connectivity index (χ4v) is 21.6. The van der Waals surface area contributed by atoms with Crippen molar-refractivity contribution in [1.29, 1.82) is 0 Å². The molecule has 6 heteroatoms. The van der Waals surface area contributed by atoms with Gasteiger partial charge >= 0.3 is 0 Å². The van der Waals surface area contributed by atoms with Crippen LogP contribution in [-0.2, 0) is 10.8 Å². The molecule has 0 aliphatic rings. The number of anilines is 12. The van der Waals surface area contributed by atoms with E-state index < -0.39 is 0 Å². The summed E-state index contributed by atoms with van der Waals surface area (Å²) in [6, 6.07) is 145. The third-order valence-electron chi connectivity index (χ3n) is 28.5. The molecule has 0 saturated carbocycles. The number of hydrogen-bond acceptors (Lipinski definition) is 4. The van der Waals surface area contributed by atoms with E-state index in [4.69, 9.17) is 0 Å². The summed E-state index contributed by atoms with van der Waals surface area (Å²) in [4.78, 5) is 9.70. The average Bonchev–Trinajstić information content (AvgIpc) is 1.53. The summed E-state index contributed by atoms with van der Waals surface area (Å²) in [5.74, 6) is 0. The maximum Gasteiger partial charge on any atom is 0.0620 e. The topological polar surface area (TPSA) is 21.8 Å². The number of hydrogen-bond donors (Lipinski definition) is 0. The largest absolute Gasteiger partial charge is 0.310 e. The van der Waals surface area contributed by atoms with E-state index in [0.717, 1.165) is 34.1 Å². The molecule has 648 valence electrons. The summed E-state index contributed by atoms with van der Waals surface area (Å²) in [6.45, 7) is 31.4. The van der Waals surface area contributed by atoms with Crippen LogP contribution in [0.5, 0.6) is 0 Å². The van der Waals surface area contributed by atoms with Gasteiger partial charge in [-0.25, -0.2) is 0 Å². The van der Waals surface area contributed by atoms with Gasteiger partial charge < -0.3 is 28.4 Å². The molecule has 0 spiro atoms. The van der Waals surface area contributed by atoms with Crippen molar-refractivity contribution in [3.05, 3.63) is 444 Å². The Morgan fingerprint density at radius 2 is 0.425 bits per heavy atom. The predicted octanol–water partition coefficient (Wildman–Crippen LogP) is 36.6. The summed E-state index contributed by atoms with van der Waals surface area (Å²) < 4.78 is 5.11. The molecule has 6 nitrogen and oxygen atoms in total. The standard InChI is InChI=1S/2C64H53N3/c1-40-16-8-12-20-57(40)65(58-21-13-9-17-41(58)2)51-30-26-45-34-53-55-36-49(44-24-28-50(29-25-44)64(5,6)7)37-56-54-35-46-27-31-52(33-48(46)39-62(54)67(63(55)56)61(53)38-47(45)32-51)66(59-22-14-10-18-42(59)3)60-23-15-11-19-43(60)4;1-40-16-14-17-41(2)61(40)65(51-20-10-8-11-21-51)53-30-26-45-34-55-57-36-49(44-24-28-50(29-25-44)64(5,6)7)37-58-56-35-46-27-31-54(33-48(46)39-60(56)67(63(57)58)59(55)38-47(45)32-53)66(52-22-12-9-13-23-52)62-42(3)18-15-19-43(62)4/h2*8-39H,1-7H3. The summed E-state index contributed by atoms with van der Waals surface area (Å²) in [7, 11) is 0. The minimum absolute atomic E-state index is 0.0819. The monoisotopic (exact) mass is 1730 g/mol. The first-order chi connectivity index (χ1) is 65.0. The van der Waals surface area contributed by atoms with Crippen LogP contribution in [0.3, 0.4) is 0 Å². The van der Waals surface area contributed by atoms with Crippen LogP contribution in [0, 0.1) is 55.4 Å². The van der Waals surface area contributed by atoms with Crippen molar-refractivity contribution in [2.45, 2.75) is 108 Å². The summed E-state index contributed by atoms with van der Waals surface area (Å²) in [6.07, 6.45) is 0. The zero-order valence-electron chi connectivity index (χ0n) is 78.6. The van der Waals surface area contributed by atoms with E-state index >= 15 is 0 Å². The quantitative estimate of drug-likeness (QED) is 0.108. The molecule has 0 N–H and O–H groups in total. The lowest BCUT2D eigenvalue weighted by atomic mass is 9.86. The summed E-state index contributed by atoms with van der Waals surface area (Å²) in [5, 5.41) is 19.9. The molecule has 20 aromatic carbocycles. The van der Waals surface area contributed by atoms with Crippen molar-refractivity contribution in [1.82, 2.24) is 8.80 Å². The van der Waals surface area contributed by atoms with Gasteiger partial charge in [0.25, 0.3) is 0 Å². The normalized spacial score (nSPS) is 12.1. The SMILES string of the molecule is Cc1cccc(C)c1N(c1ccccc1)c1ccc2cc3c4cc(-c5ccc(C(C)(C)C)cc5)cc5c6cc7ccc(N(c8ccccc8)c8c(C)cccc8C)cc7cc6n(c3cc2c1)c45.Cc1ccccc1N(c1ccc2cc3c4cc(-c5ccc(C(C)(C)C)cc5)cc5c6cc7ccc(N(c8ccccc8C)c8ccccc8C)cc7cc6n(c3cc2c1)c45)c1ccccc1C. The van der Waals surface area contributed by atoms with E-state index in [1.54, 1.807) is 0 Å². The van der Waals surface area contributed by atoms with Gasteiger partial charge in [-0.15, -0.1) is 0 Å². The second kappa shape index (κ2) is 32.1. The molecule has 24 aromatic rings. The zero-order chi connectivity index (χ0) is 91.4. The Labute approximate surface area is 784 Å². The highest BCUT2D eigenvalue weighted by atomic mass is 15.2. The van der Waals surface area contributed by atoms with Crippen LogP contribution >= 0.6 is 0 Å². The number of nitrogens with zero attached hydrogens (tertiary/aromatic N) is 6. The van der Waals surface area contributed by atoms with Crippen molar-refractivity contribution in [3.63, 3.8) is 0 Å². The van der Waals surface area contributed by atoms with Gasteiger partial charge in [0.05, 0.1) is 44.5 Å². The second-order valence-corrected chi connectivity index (χ2v) is 39.4. The van der Waals surface area contributed by atoms with Gasteiger partial charge in [0, 0.05) is 100.0 Å². The first-order valence-electron chi connectivity index (χ1n) is 47.2. The van der Waals surface area contributed by atoms with Crippen LogP contribution in [-0.4, -0.2) is 8.80 Å². The minimum Gasteiger partial charge on any atom is -0.310 e. The molecular weight excluding hydrogens is 1620 g/mol. The van der Waals surface area contributed by atoms with Crippen LogP contribution in [0.1, 0.15) is 97.2 Å². The number of para-hydroxylation sites is 8. The third kappa shape index (κ3) is 14.0. The van der Waals surface area contributed by atoms with Crippen LogP contribution in [0.2, 0.25) is 0 Å². The van der Waals surface area contributed by atoms with Crippen LogP contribution in [0.15, 0.2) is 388 Å². The number of benzene rings is 20. The smallest absolute Gasteiger partial charge is 0.0620 e. The molecule has 4 heterocycles. The van der Waals surface area contributed by atoms with E-state index in [9.17, 15) is 0 Å². The van der Waals surface area contributed by atoms with Gasteiger partial charge in [0.15, 0.2) is 0 Å². The molecule has 0 saturated heterocycles. The first-order valence-corrected chi connectivity index (χ1v) is 47.2. The highest BCUT2D eigenvalue weighted by molar-refractivity contribution is 6.29. The predicted molar refractivity (Wildman–Crippen MR) is 577 cm³/mol. The average molecular weight is 1730 g/mol. The van der Waals surface area contributed by atoms with Gasteiger partial charge in [0.1, 0.15) is 0 Å². The number of rotatable bonds is 14. The first kappa shape index (κ1) is 82.6. The molecule has 4 aromatic heterocycles. The van der Waals surface area contributed by atoms with Crippen molar-refractivity contribution < 1.29 is 0 Å². The summed E-state index contributed by atoms with van der Waals surface area (Å²) >= 11 is 0. The van der Waals surface area contributed by atoms with Crippen molar-refractivity contribution in [2.24, 2.45) is 0 Å². The number of fused-ring (bicyclic) bond motifs is 16. The number of aromatic nitrogens is 2. The highest BCUT2D eigenvalue weighted by Crippen LogP contribution is 2.52. The maximum atomic E-state index is 2.56. The molecule has 0 amide bonds. The van der Waals surface area contributed by atoms with E-state index in [1.165, 1.54) is 231 Å². The molecule has 0 aliphatic carbocycles. The highest BCUT2D eigenvalue weighted by Gasteiger charge is 2.29. The second-order valence-electron chi connectivity index (χ2n) is 39.4. The van der Waals surface area contributed by atoms with Crippen LogP contribution < -0.4 is 19.6 Å². The van der Waals surface area contributed by atoms with Crippen molar-refractivity contribution in [2.75, 3.05) is 19.6 Å². The van der Waals surface area contributed by atoms with Crippen molar-refractivity contribution >= 4 is 188 Å². The molecule has 0 radical (unpaired) electrons. The Morgan fingerprint density at radius 3 is 0.687 bits per heavy atom. The fourth-order valence-electron chi connectivity index (χ4n) is 21.6. The van der Waals surface area contributed by atoms with Gasteiger partial charge in [-0.2, -0.15) is 0 Å². The maximum absolute atomic E-state index is 2.56. The van der Waals surface area contributed by atoms with Gasteiger partial charge in [-0.05, 0) is 357 Å². The number of aryl methyl sites for hydroxylation is 8. The molecule has 0 bridgehead atoms. The Bertz CT molecular complexity index is 7900. The molecule has 0 atom stereocenters. The van der Waals surface area contributed by atoms with Gasteiger partial charge in [0.2, 0.25) is 0 Å². The van der Waals surface area contributed by atoms with Gasteiger partial charge in [-0.1, -0.05) is 260 Å². The van der Waals surface area contributed by atoms with Crippen molar-refractivity contribution in [3.8, 4) is 22.3 Å². The van der Waals surface area contributed by atoms with Crippen LogP contribution in [0.4, 0.5) is 68.2 Å². The molecule has 0 fully saturated rings. The third-order valence-corrected chi connectivity index (χ3v) is 28.5. The minimum atomic E-state index is 0.0819. The van der Waals surface area contributed by atoms with Gasteiger partial charge in [-0.3, -0.25) is 0 Å². The lowest BCUT2D eigenvalue weighted by Crippen LogP contribution is -2.12. The zero-order valence-corrected chi connectivity index (χ0v) is 78.6. The molecule has 0 unspecified atom stereocenters. The van der Waals surface area contributed by atoms with E-state index in [2.05, 4.69) is 514 Å². The molecule has 0 aliphatic heterocycles. The molecular formula is C128H106N6.